The molecule has 0 aromatic heterocycles. The Morgan fingerprint density at radius 2 is 1.89 bits per heavy atom. The lowest BCUT2D eigenvalue weighted by atomic mass is 9.98. The summed E-state index contributed by atoms with van der Waals surface area (Å²) in [4.78, 5) is 54.5. The van der Waals surface area contributed by atoms with Gasteiger partial charge in [0.2, 0.25) is 11.8 Å². The van der Waals surface area contributed by atoms with E-state index < -0.39 is 23.8 Å². The van der Waals surface area contributed by atoms with E-state index in [1.165, 1.54) is 4.90 Å². The second-order valence-electron chi connectivity index (χ2n) is 9.24. The van der Waals surface area contributed by atoms with Gasteiger partial charge in [0, 0.05) is 31.2 Å². The molecule has 3 amide bonds. The number of esters is 1. The number of rotatable bonds is 11. The zero-order valence-corrected chi connectivity index (χ0v) is 21.9. The summed E-state index contributed by atoms with van der Waals surface area (Å²) in [5.41, 5.74) is 5.96. The average Bonchev–Trinajstić information content (AvgIpc) is 3.71. The summed E-state index contributed by atoms with van der Waals surface area (Å²) in [6.07, 6.45) is 3.02. The lowest BCUT2D eigenvalue weighted by Crippen LogP contribution is -2.53. The molecule has 2 fully saturated rings. The molecule has 1 aromatic rings. The minimum Gasteiger partial charge on any atom is -0.465 e. The van der Waals surface area contributed by atoms with Crippen molar-refractivity contribution in [3.63, 3.8) is 0 Å². The third-order valence-corrected chi connectivity index (χ3v) is 6.35. The van der Waals surface area contributed by atoms with Gasteiger partial charge in [-0.1, -0.05) is 18.2 Å². The number of amides is 3. The van der Waals surface area contributed by atoms with Gasteiger partial charge in [-0.25, -0.2) is 0 Å². The molecule has 0 radical (unpaired) electrons. The summed E-state index contributed by atoms with van der Waals surface area (Å²) >= 11 is 0. The van der Waals surface area contributed by atoms with Crippen molar-refractivity contribution in [3.8, 4) is 0 Å². The molecule has 0 spiro atoms. The number of carbonyl (C=O) groups excluding carboxylic acids is 4. The number of halogens is 1. The fraction of sp³-hybridized carbons (Fsp3) is 0.560. The maximum atomic E-state index is 13.5. The maximum Gasteiger partial charge on any atom is 0.325 e. The first-order valence-corrected chi connectivity index (χ1v) is 12.5. The molecule has 3 rings (SSSR count). The zero-order chi connectivity index (χ0) is 26.1. The molecule has 11 nitrogen and oxygen atoms in total. The van der Waals surface area contributed by atoms with E-state index >= 15 is 0 Å². The first-order chi connectivity index (χ1) is 17.3. The van der Waals surface area contributed by atoms with Gasteiger partial charge >= 0.3 is 5.97 Å². The Morgan fingerprint density at radius 3 is 2.51 bits per heavy atom. The highest BCUT2D eigenvalue weighted by molar-refractivity contribution is 5.99. The molecule has 1 heterocycles. The number of piperidine rings is 1. The van der Waals surface area contributed by atoms with Gasteiger partial charge in [-0.15, -0.1) is 12.4 Å². The van der Waals surface area contributed by atoms with Crippen LogP contribution in [-0.2, 0) is 19.1 Å². The van der Waals surface area contributed by atoms with Crippen LogP contribution in [0.15, 0.2) is 30.3 Å². The van der Waals surface area contributed by atoms with Crippen LogP contribution >= 0.6 is 12.4 Å². The normalized spacial score (nSPS) is 17.5. The quantitative estimate of drug-likeness (QED) is 0.185. The van der Waals surface area contributed by atoms with Gasteiger partial charge in [0.15, 0.2) is 5.96 Å². The highest BCUT2D eigenvalue weighted by Crippen LogP contribution is 2.27. The summed E-state index contributed by atoms with van der Waals surface area (Å²) in [5, 5.41) is 13.2. The van der Waals surface area contributed by atoms with Crippen LogP contribution in [-0.4, -0.2) is 84.3 Å². The van der Waals surface area contributed by atoms with Crippen LogP contribution in [0.4, 0.5) is 0 Å². The van der Waals surface area contributed by atoms with E-state index in [1.54, 1.807) is 42.2 Å². The van der Waals surface area contributed by atoms with Crippen LogP contribution in [0.3, 0.4) is 0 Å². The summed E-state index contributed by atoms with van der Waals surface area (Å²) in [7, 11) is 0. The number of benzene rings is 1. The third-order valence-electron chi connectivity index (χ3n) is 6.35. The minimum absolute atomic E-state index is 0. The van der Waals surface area contributed by atoms with Crippen LogP contribution in [0.25, 0.3) is 0 Å². The number of ether oxygens (including phenoxy) is 1. The van der Waals surface area contributed by atoms with Gasteiger partial charge < -0.3 is 30.9 Å². The fourth-order valence-electron chi connectivity index (χ4n) is 4.32. The van der Waals surface area contributed by atoms with E-state index in [-0.39, 0.29) is 55.8 Å². The van der Waals surface area contributed by atoms with Crippen molar-refractivity contribution in [2.75, 3.05) is 32.8 Å². The van der Waals surface area contributed by atoms with Crippen molar-refractivity contribution in [1.82, 2.24) is 20.4 Å². The lowest BCUT2D eigenvalue weighted by molar-refractivity contribution is -0.150. The third kappa shape index (κ3) is 9.23. The standard InChI is InChI=1S/C25H36N6O5.ClH/c1-2-36-22(33)16-31(19-10-11-19)24(35)20(29-23(34)18-8-4-3-5-9-18)13-21(32)28-14-17-7-6-12-30(15-17)25(26)27;/h3-5,8-9,17,19-20H,2,6-7,10-16H2,1H3,(H3,26,27)(H,28,32)(H,29,34);1H/t17-,20-;/m0./s1. The Balaban J connectivity index is 0.00000481. The predicted octanol–water partition coefficient (Wildman–Crippen LogP) is 0.873. The molecule has 2 atom stereocenters. The average molecular weight is 537 g/mol. The van der Waals surface area contributed by atoms with Crippen molar-refractivity contribution >= 4 is 42.1 Å². The zero-order valence-electron chi connectivity index (χ0n) is 21.1. The van der Waals surface area contributed by atoms with Crippen LogP contribution < -0.4 is 16.4 Å². The molecule has 1 aliphatic heterocycles. The van der Waals surface area contributed by atoms with E-state index in [9.17, 15) is 19.2 Å². The smallest absolute Gasteiger partial charge is 0.325 e. The van der Waals surface area contributed by atoms with E-state index in [4.69, 9.17) is 15.9 Å². The first-order valence-electron chi connectivity index (χ1n) is 12.5. The first kappa shape index (κ1) is 29.9. The molecule has 0 unspecified atom stereocenters. The topological polar surface area (TPSA) is 158 Å². The van der Waals surface area contributed by atoms with Crippen molar-refractivity contribution in [3.05, 3.63) is 35.9 Å². The predicted molar refractivity (Wildman–Crippen MR) is 140 cm³/mol. The van der Waals surface area contributed by atoms with Crippen molar-refractivity contribution < 1.29 is 23.9 Å². The summed E-state index contributed by atoms with van der Waals surface area (Å²) in [6, 6.07) is 7.21. The SMILES string of the molecule is CCOC(=O)CN(C(=O)[C@H](CC(=O)NC[C@@H]1CCCN(C(=N)N)C1)NC(=O)c1ccccc1)C1CC1.Cl. The molecule has 1 aliphatic carbocycles. The minimum atomic E-state index is -1.13. The van der Waals surface area contributed by atoms with Crippen LogP contribution in [0.2, 0.25) is 0 Å². The number of guanidine groups is 1. The summed E-state index contributed by atoms with van der Waals surface area (Å²) < 4.78 is 5.02. The van der Waals surface area contributed by atoms with Crippen molar-refractivity contribution in [2.24, 2.45) is 11.7 Å². The number of nitrogens with two attached hydrogens (primary N) is 1. The molecule has 1 saturated carbocycles. The Morgan fingerprint density at radius 1 is 1.19 bits per heavy atom. The molecular weight excluding hydrogens is 500 g/mol. The van der Waals surface area contributed by atoms with Gasteiger partial charge in [0.1, 0.15) is 12.6 Å². The van der Waals surface area contributed by atoms with Gasteiger partial charge in [-0.3, -0.25) is 24.6 Å². The van der Waals surface area contributed by atoms with Crippen LogP contribution in [0.1, 0.15) is 49.4 Å². The summed E-state index contributed by atoms with van der Waals surface area (Å²) in [6.45, 7) is 3.35. The lowest BCUT2D eigenvalue weighted by Gasteiger charge is -2.33. The Labute approximate surface area is 223 Å². The van der Waals surface area contributed by atoms with E-state index in [0.29, 0.717) is 18.7 Å². The van der Waals surface area contributed by atoms with Crippen LogP contribution in [0.5, 0.6) is 0 Å². The van der Waals surface area contributed by atoms with Gasteiger partial charge in [-0.2, -0.15) is 0 Å². The van der Waals surface area contributed by atoms with Gasteiger partial charge in [0.25, 0.3) is 5.91 Å². The second kappa shape index (κ2) is 14.4. The number of hydrogen-bond acceptors (Lipinski definition) is 6. The molecule has 5 N–H and O–H groups in total. The molecule has 204 valence electrons. The fourth-order valence-corrected chi connectivity index (χ4v) is 4.32. The van der Waals surface area contributed by atoms with E-state index in [1.807, 2.05) is 0 Å². The molecule has 1 aromatic carbocycles. The Kier molecular flexibility index (Phi) is 11.6. The van der Waals surface area contributed by atoms with Gasteiger partial charge in [0.05, 0.1) is 13.0 Å². The van der Waals surface area contributed by atoms with E-state index in [0.717, 1.165) is 32.2 Å². The molecule has 0 bridgehead atoms. The monoisotopic (exact) mass is 536 g/mol. The molecule has 1 saturated heterocycles. The van der Waals surface area contributed by atoms with Crippen molar-refractivity contribution in [2.45, 2.75) is 51.1 Å². The largest absolute Gasteiger partial charge is 0.465 e. The number of carbonyl (C=O) groups is 4. The number of nitrogens with zero attached hydrogens (tertiary/aromatic N) is 2. The number of nitrogens with one attached hydrogen (secondary N) is 3. The maximum absolute atomic E-state index is 13.5. The summed E-state index contributed by atoms with van der Waals surface area (Å²) in [5.74, 6) is -1.71. The second-order valence-corrected chi connectivity index (χ2v) is 9.24. The van der Waals surface area contributed by atoms with Gasteiger partial charge in [-0.05, 0) is 50.7 Å². The van der Waals surface area contributed by atoms with Crippen molar-refractivity contribution in [1.29, 1.82) is 5.41 Å². The Bertz CT molecular complexity index is 958. The molecule has 2 aliphatic rings. The molecule has 37 heavy (non-hydrogen) atoms. The van der Waals surface area contributed by atoms with E-state index in [2.05, 4.69) is 10.6 Å². The number of likely N-dealkylation sites (tertiary alicyclic amines) is 1. The highest BCUT2D eigenvalue weighted by atomic mass is 35.5. The number of hydrogen-bond donors (Lipinski definition) is 4. The molecular formula is C25H37ClN6O5. The molecule has 12 heteroatoms. The highest BCUT2D eigenvalue weighted by Gasteiger charge is 2.38. The Hall–Kier alpha value is -3.34. The van der Waals surface area contributed by atoms with Crippen LogP contribution in [0, 0.1) is 11.3 Å².